The van der Waals surface area contributed by atoms with E-state index in [1.54, 1.807) is 0 Å². The number of hydrogen-bond donors (Lipinski definition) is 2. The lowest BCUT2D eigenvalue weighted by atomic mass is 10.0. The first-order valence-electron chi connectivity index (χ1n) is 5.49. The van der Waals surface area contributed by atoms with Crippen LogP contribution in [0.5, 0.6) is 0 Å². The van der Waals surface area contributed by atoms with Crippen LogP contribution in [0.2, 0.25) is 0 Å². The van der Waals surface area contributed by atoms with Gasteiger partial charge in [-0.25, -0.2) is 0 Å². The summed E-state index contributed by atoms with van der Waals surface area (Å²) in [6, 6.07) is 5.84. The van der Waals surface area contributed by atoms with E-state index in [-0.39, 0.29) is 6.04 Å². The number of aromatic amines is 1. The Balaban J connectivity index is 2.28. The zero-order valence-corrected chi connectivity index (χ0v) is 9.36. The maximum absolute atomic E-state index is 10.5. The molecule has 0 spiro atoms. The zero-order chi connectivity index (χ0) is 11.5. The number of nitrogens with two attached hydrogens (primary N) is 1. The smallest absolute Gasteiger partial charge is 0.136 e. The molecule has 0 bridgehead atoms. The quantitative estimate of drug-likeness (QED) is 0.767. The van der Waals surface area contributed by atoms with E-state index in [0.717, 1.165) is 18.2 Å². The molecule has 1 unspecified atom stereocenters. The van der Waals surface area contributed by atoms with Crippen molar-refractivity contribution in [3.05, 3.63) is 35.5 Å². The first-order chi connectivity index (χ1) is 7.72. The van der Waals surface area contributed by atoms with E-state index in [1.165, 1.54) is 16.5 Å². The van der Waals surface area contributed by atoms with E-state index in [0.29, 0.717) is 6.42 Å². The number of carbonyl (C=O) groups excluding carboxylic acids is 1. The third-order valence-corrected chi connectivity index (χ3v) is 2.92. The van der Waals surface area contributed by atoms with Gasteiger partial charge in [0.25, 0.3) is 0 Å². The topological polar surface area (TPSA) is 58.9 Å². The number of H-pyrrole nitrogens is 1. The maximum Gasteiger partial charge on any atom is 0.136 e. The summed E-state index contributed by atoms with van der Waals surface area (Å²) in [6.45, 7) is 2.10. The van der Waals surface area contributed by atoms with Crippen LogP contribution in [0.1, 0.15) is 17.5 Å². The van der Waals surface area contributed by atoms with Crippen LogP contribution in [0, 0.1) is 6.92 Å². The van der Waals surface area contributed by atoms with Crippen molar-refractivity contribution in [3.63, 3.8) is 0 Å². The minimum absolute atomic E-state index is 0.353. The monoisotopic (exact) mass is 216 g/mol. The van der Waals surface area contributed by atoms with Crippen LogP contribution in [-0.2, 0) is 11.2 Å². The lowest BCUT2D eigenvalue weighted by Gasteiger charge is -2.04. The molecule has 0 aliphatic heterocycles. The molecule has 2 aromatic rings. The molecule has 0 radical (unpaired) electrons. The second kappa shape index (κ2) is 4.49. The van der Waals surface area contributed by atoms with Crippen LogP contribution in [0.25, 0.3) is 10.9 Å². The van der Waals surface area contributed by atoms with Gasteiger partial charge in [0.15, 0.2) is 0 Å². The Hall–Kier alpha value is -1.61. The summed E-state index contributed by atoms with van der Waals surface area (Å²) in [5, 5.41) is 1.26. The molecule has 2 rings (SSSR count). The van der Waals surface area contributed by atoms with E-state index in [1.807, 2.05) is 12.3 Å². The highest BCUT2D eigenvalue weighted by Crippen LogP contribution is 2.23. The van der Waals surface area contributed by atoms with Gasteiger partial charge in [-0.1, -0.05) is 12.1 Å². The average molecular weight is 216 g/mol. The normalized spacial score (nSPS) is 12.9. The molecule has 0 amide bonds. The Kier molecular flexibility index (Phi) is 3.06. The minimum Gasteiger partial charge on any atom is -0.361 e. The number of nitrogens with one attached hydrogen (secondary N) is 1. The number of fused-ring (bicyclic) bond motifs is 1. The van der Waals surface area contributed by atoms with Crippen LogP contribution >= 0.6 is 0 Å². The highest BCUT2D eigenvalue weighted by Gasteiger charge is 2.07. The summed E-state index contributed by atoms with van der Waals surface area (Å²) in [7, 11) is 0. The highest BCUT2D eigenvalue weighted by atomic mass is 16.1. The zero-order valence-electron chi connectivity index (χ0n) is 9.36. The Morgan fingerprint density at radius 1 is 1.50 bits per heavy atom. The van der Waals surface area contributed by atoms with Crippen LogP contribution in [0.3, 0.4) is 0 Å². The van der Waals surface area contributed by atoms with Crippen molar-refractivity contribution in [1.82, 2.24) is 4.98 Å². The summed E-state index contributed by atoms with van der Waals surface area (Å²) in [4.78, 5) is 13.7. The summed E-state index contributed by atoms with van der Waals surface area (Å²) in [5.41, 5.74) is 9.24. The van der Waals surface area contributed by atoms with Crippen molar-refractivity contribution < 1.29 is 4.79 Å². The number of aromatic nitrogens is 1. The molecule has 3 N–H and O–H groups in total. The van der Waals surface area contributed by atoms with Crippen molar-refractivity contribution >= 4 is 17.2 Å². The van der Waals surface area contributed by atoms with E-state index in [4.69, 9.17) is 5.73 Å². The van der Waals surface area contributed by atoms with E-state index < -0.39 is 0 Å². The molecule has 0 fully saturated rings. The van der Waals surface area contributed by atoms with Gasteiger partial charge in [0.1, 0.15) is 6.29 Å². The average Bonchev–Trinajstić information content (AvgIpc) is 2.70. The fourth-order valence-corrected chi connectivity index (χ4v) is 2.04. The summed E-state index contributed by atoms with van der Waals surface area (Å²) in [6.07, 6.45) is 4.35. The first kappa shape index (κ1) is 10.9. The van der Waals surface area contributed by atoms with Crippen molar-refractivity contribution in [1.29, 1.82) is 0 Å². The van der Waals surface area contributed by atoms with Gasteiger partial charge in [-0.3, -0.25) is 0 Å². The Morgan fingerprint density at radius 2 is 2.31 bits per heavy atom. The molecular weight excluding hydrogens is 200 g/mol. The molecule has 1 atom stereocenters. The largest absolute Gasteiger partial charge is 0.361 e. The Labute approximate surface area is 94.6 Å². The first-order valence-corrected chi connectivity index (χ1v) is 5.49. The van der Waals surface area contributed by atoms with Gasteiger partial charge in [0.05, 0.1) is 6.04 Å². The molecule has 0 saturated carbocycles. The molecule has 3 heteroatoms. The Bertz CT molecular complexity index is 502. The molecule has 3 nitrogen and oxygen atoms in total. The van der Waals surface area contributed by atoms with Gasteiger partial charge in [-0.2, -0.15) is 0 Å². The van der Waals surface area contributed by atoms with E-state index in [9.17, 15) is 4.79 Å². The number of hydrogen-bond acceptors (Lipinski definition) is 2. The molecule has 1 aromatic carbocycles. The fourth-order valence-electron chi connectivity index (χ4n) is 2.04. The predicted octanol–water partition coefficient (Wildman–Crippen LogP) is 1.94. The molecule has 1 heterocycles. The predicted molar refractivity (Wildman–Crippen MR) is 65.4 cm³/mol. The number of aldehydes is 1. The summed E-state index contributed by atoms with van der Waals surface area (Å²) >= 11 is 0. The van der Waals surface area contributed by atoms with Crippen molar-refractivity contribution in [2.24, 2.45) is 5.73 Å². The van der Waals surface area contributed by atoms with Gasteiger partial charge in [-0.15, -0.1) is 0 Å². The minimum atomic E-state index is -0.353. The van der Waals surface area contributed by atoms with Gasteiger partial charge in [0, 0.05) is 17.1 Å². The molecular formula is C13H16N2O. The highest BCUT2D eigenvalue weighted by molar-refractivity contribution is 5.86. The summed E-state index contributed by atoms with van der Waals surface area (Å²) < 4.78 is 0. The van der Waals surface area contributed by atoms with Crippen molar-refractivity contribution in [3.8, 4) is 0 Å². The van der Waals surface area contributed by atoms with Gasteiger partial charge >= 0.3 is 0 Å². The number of carbonyl (C=O) groups is 1. The molecule has 84 valence electrons. The SMILES string of the molecule is Cc1cccc2[nH]cc(CCC(N)C=O)c12. The van der Waals surface area contributed by atoms with E-state index in [2.05, 4.69) is 24.0 Å². The van der Waals surface area contributed by atoms with Gasteiger partial charge in [0.2, 0.25) is 0 Å². The molecule has 0 aliphatic carbocycles. The van der Waals surface area contributed by atoms with Crippen molar-refractivity contribution in [2.75, 3.05) is 0 Å². The molecule has 1 aromatic heterocycles. The third-order valence-electron chi connectivity index (χ3n) is 2.92. The number of benzene rings is 1. The second-order valence-electron chi connectivity index (χ2n) is 4.15. The van der Waals surface area contributed by atoms with Crippen LogP contribution in [0.15, 0.2) is 24.4 Å². The molecule has 16 heavy (non-hydrogen) atoms. The maximum atomic E-state index is 10.5. The lowest BCUT2D eigenvalue weighted by molar-refractivity contribution is -0.109. The van der Waals surface area contributed by atoms with Gasteiger partial charge in [-0.05, 0) is 37.0 Å². The lowest BCUT2D eigenvalue weighted by Crippen LogP contribution is -2.21. The van der Waals surface area contributed by atoms with Crippen molar-refractivity contribution in [2.45, 2.75) is 25.8 Å². The molecule has 0 saturated heterocycles. The second-order valence-corrected chi connectivity index (χ2v) is 4.15. The number of aryl methyl sites for hydroxylation is 2. The summed E-state index contributed by atoms with van der Waals surface area (Å²) in [5.74, 6) is 0. The van der Waals surface area contributed by atoms with Crippen LogP contribution in [0.4, 0.5) is 0 Å². The Morgan fingerprint density at radius 3 is 3.06 bits per heavy atom. The standard InChI is InChI=1S/C13H16N2O/c1-9-3-2-4-12-13(9)10(7-15-12)5-6-11(14)8-16/h2-4,7-8,11,15H,5-6,14H2,1H3. The fraction of sp³-hybridized carbons (Fsp3) is 0.308. The van der Waals surface area contributed by atoms with Crippen LogP contribution in [-0.4, -0.2) is 17.3 Å². The third kappa shape index (κ3) is 1.99. The molecule has 0 aliphatic rings. The van der Waals surface area contributed by atoms with Crippen LogP contribution < -0.4 is 5.73 Å². The number of rotatable bonds is 4. The van der Waals surface area contributed by atoms with Gasteiger partial charge < -0.3 is 15.5 Å². The van der Waals surface area contributed by atoms with E-state index >= 15 is 0 Å².